The van der Waals surface area contributed by atoms with Crippen molar-refractivity contribution in [3.05, 3.63) is 29.8 Å². The van der Waals surface area contributed by atoms with E-state index in [0.717, 1.165) is 10.6 Å². The van der Waals surface area contributed by atoms with E-state index in [1.165, 1.54) is 17.1 Å². The molecule has 66 valence electrons. The Morgan fingerprint density at radius 2 is 2.23 bits per heavy atom. The Hall–Kier alpha value is -1.42. The number of hydrogen-bond acceptors (Lipinski definition) is 4. The molecule has 0 radical (unpaired) electrons. The van der Waals surface area contributed by atoms with Crippen molar-refractivity contribution in [2.75, 3.05) is 5.73 Å². The van der Waals surface area contributed by atoms with Gasteiger partial charge in [-0.2, -0.15) is 9.36 Å². The van der Waals surface area contributed by atoms with Crippen LogP contribution < -0.4 is 5.73 Å². The normalized spacial score (nSPS) is 10.2. The summed E-state index contributed by atoms with van der Waals surface area (Å²) in [5, 5.41) is 0.876. The second-order valence-electron chi connectivity index (χ2n) is 2.83. The van der Waals surface area contributed by atoms with Crippen molar-refractivity contribution in [2.45, 2.75) is 6.92 Å². The maximum absolute atomic E-state index is 5.44. The van der Waals surface area contributed by atoms with Crippen molar-refractivity contribution in [3.63, 3.8) is 0 Å². The van der Waals surface area contributed by atoms with Crippen LogP contribution in [0.4, 0.5) is 5.95 Å². The van der Waals surface area contributed by atoms with Gasteiger partial charge >= 0.3 is 0 Å². The fourth-order valence-electron chi connectivity index (χ4n) is 1.13. The van der Waals surface area contributed by atoms with Crippen molar-refractivity contribution in [2.24, 2.45) is 0 Å². The monoisotopic (exact) mass is 191 g/mol. The minimum atomic E-state index is 0.349. The van der Waals surface area contributed by atoms with Crippen molar-refractivity contribution >= 4 is 17.5 Å². The Kier molecular flexibility index (Phi) is 1.98. The molecule has 0 amide bonds. The third-order valence-corrected chi connectivity index (χ3v) is 2.49. The number of aromatic nitrogens is 2. The van der Waals surface area contributed by atoms with E-state index in [1.54, 1.807) is 0 Å². The van der Waals surface area contributed by atoms with Crippen molar-refractivity contribution in [1.29, 1.82) is 0 Å². The number of hydrogen-bond donors (Lipinski definition) is 1. The Morgan fingerprint density at radius 1 is 1.38 bits per heavy atom. The Bertz CT molecular complexity index is 422. The summed E-state index contributed by atoms with van der Waals surface area (Å²) in [4.78, 5) is 4.11. The van der Waals surface area contributed by atoms with E-state index in [4.69, 9.17) is 5.73 Å². The van der Waals surface area contributed by atoms with Crippen LogP contribution in [-0.4, -0.2) is 9.36 Å². The van der Waals surface area contributed by atoms with Gasteiger partial charge in [-0.1, -0.05) is 23.8 Å². The van der Waals surface area contributed by atoms with Crippen LogP contribution in [0, 0.1) is 6.92 Å². The van der Waals surface area contributed by atoms with Gasteiger partial charge in [0, 0.05) is 5.56 Å². The minimum absolute atomic E-state index is 0.349. The molecule has 4 heteroatoms. The zero-order valence-corrected chi connectivity index (χ0v) is 8.01. The summed E-state index contributed by atoms with van der Waals surface area (Å²) < 4.78 is 3.93. The number of nitrogens with two attached hydrogens (primary N) is 1. The van der Waals surface area contributed by atoms with Gasteiger partial charge in [-0.05, 0) is 24.5 Å². The molecule has 1 aromatic carbocycles. The molecule has 0 fully saturated rings. The minimum Gasteiger partial charge on any atom is -0.367 e. The lowest BCUT2D eigenvalue weighted by atomic mass is 10.1. The molecule has 1 heterocycles. The number of nitrogens with zero attached hydrogens (tertiary/aromatic N) is 2. The molecule has 0 saturated heterocycles. The SMILES string of the molecule is Cc1cccc(-c2nc(N)ns2)c1. The predicted octanol–water partition coefficient (Wildman–Crippen LogP) is 2.10. The Morgan fingerprint density at radius 3 is 2.85 bits per heavy atom. The van der Waals surface area contributed by atoms with E-state index in [9.17, 15) is 0 Å². The summed E-state index contributed by atoms with van der Waals surface area (Å²) in [6.45, 7) is 2.05. The largest absolute Gasteiger partial charge is 0.367 e. The summed E-state index contributed by atoms with van der Waals surface area (Å²) in [6, 6.07) is 8.13. The van der Waals surface area contributed by atoms with E-state index in [0.29, 0.717) is 5.95 Å². The maximum atomic E-state index is 5.44. The highest BCUT2D eigenvalue weighted by Crippen LogP contribution is 2.22. The maximum Gasteiger partial charge on any atom is 0.232 e. The first-order valence-electron chi connectivity index (χ1n) is 3.92. The first kappa shape index (κ1) is 8.19. The molecule has 2 rings (SSSR count). The standard InChI is InChI=1S/C9H9N3S/c1-6-3-2-4-7(5-6)8-11-9(10)12-13-8/h2-5H,1H3,(H2,10,12). The zero-order valence-electron chi connectivity index (χ0n) is 7.19. The first-order valence-corrected chi connectivity index (χ1v) is 4.69. The van der Waals surface area contributed by atoms with E-state index in [-0.39, 0.29) is 0 Å². The van der Waals surface area contributed by atoms with Crippen LogP contribution in [0.2, 0.25) is 0 Å². The van der Waals surface area contributed by atoms with Gasteiger partial charge in [-0.15, -0.1) is 0 Å². The number of rotatable bonds is 1. The highest BCUT2D eigenvalue weighted by Gasteiger charge is 2.03. The fraction of sp³-hybridized carbons (Fsp3) is 0.111. The van der Waals surface area contributed by atoms with Crippen LogP contribution >= 0.6 is 11.5 Å². The fourth-order valence-corrected chi connectivity index (χ4v) is 1.72. The molecule has 2 aromatic rings. The summed E-state index contributed by atoms with van der Waals surface area (Å²) >= 11 is 1.33. The molecule has 0 aliphatic heterocycles. The van der Waals surface area contributed by atoms with E-state index in [2.05, 4.69) is 15.4 Å². The lowest BCUT2D eigenvalue weighted by Crippen LogP contribution is -1.85. The van der Waals surface area contributed by atoms with Gasteiger partial charge in [0.25, 0.3) is 0 Å². The molecule has 1 aromatic heterocycles. The third kappa shape index (κ3) is 1.67. The molecule has 0 saturated carbocycles. The van der Waals surface area contributed by atoms with E-state index < -0.39 is 0 Å². The number of benzene rings is 1. The van der Waals surface area contributed by atoms with Gasteiger partial charge in [0.15, 0.2) is 0 Å². The molecular formula is C9H9N3S. The quantitative estimate of drug-likeness (QED) is 0.751. The van der Waals surface area contributed by atoms with E-state index >= 15 is 0 Å². The van der Waals surface area contributed by atoms with Crippen molar-refractivity contribution in [1.82, 2.24) is 9.36 Å². The third-order valence-electron chi connectivity index (χ3n) is 1.71. The number of anilines is 1. The molecule has 3 nitrogen and oxygen atoms in total. The van der Waals surface area contributed by atoms with Gasteiger partial charge in [-0.25, -0.2) is 0 Å². The summed E-state index contributed by atoms with van der Waals surface area (Å²) in [5.74, 6) is 0.349. The molecule has 0 atom stereocenters. The molecule has 0 bridgehead atoms. The molecule has 0 unspecified atom stereocenters. The van der Waals surface area contributed by atoms with E-state index in [1.807, 2.05) is 25.1 Å². The predicted molar refractivity (Wildman–Crippen MR) is 54.5 cm³/mol. The van der Waals surface area contributed by atoms with Crippen LogP contribution in [0.1, 0.15) is 5.56 Å². The summed E-state index contributed by atoms with van der Waals surface area (Å²) in [7, 11) is 0. The average Bonchev–Trinajstić information content (AvgIpc) is 2.52. The molecule has 2 N–H and O–H groups in total. The lowest BCUT2D eigenvalue weighted by molar-refractivity contribution is 1.33. The van der Waals surface area contributed by atoms with Crippen LogP contribution in [0.25, 0.3) is 10.6 Å². The Labute approximate surface area is 80.4 Å². The smallest absolute Gasteiger partial charge is 0.232 e. The van der Waals surface area contributed by atoms with Crippen LogP contribution in [0.15, 0.2) is 24.3 Å². The molecule has 0 spiro atoms. The summed E-state index contributed by atoms with van der Waals surface area (Å²) in [6.07, 6.45) is 0. The van der Waals surface area contributed by atoms with Crippen LogP contribution in [0.3, 0.4) is 0 Å². The average molecular weight is 191 g/mol. The van der Waals surface area contributed by atoms with Gasteiger partial charge in [0.2, 0.25) is 5.95 Å². The lowest BCUT2D eigenvalue weighted by Gasteiger charge is -1.95. The molecule has 0 aliphatic rings. The number of aryl methyl sites for hydroxylation is 1. The van der Waals surface area contributed by atoms with Crippen LogP contribution in [0.5, 0.6) is 0 Å². The van der Waals surface area contributed by atoms with Gasteiger partial charge in [-0.3, -0.25) is 0 Å². The second-order valence-corrected chi connectivity index (χ2v) is 3.58. The topological polar surface area (TPSA) is 51.8 Å². The van der Waals surface area contributed by atoms with Crippen molar-refractivity contribution < 1.29 is 0 Å². The zero-order chi connectivity index (χ0) is 9.26. The second kappa shape index (κ2) is 3.14. The first-order chi connectivity index (χ1) is 6.25. The van der Waals surface area contributed by atoms with Crippen LogP contribution in [-0.2, 0) is 0 Å². The Balaban J connectivity index is 2.46. The molecule has 0 aliphatic carbocycles. The molecular weight excluding hydrogens is 182 g/mol. The highest BCUT2D eigenvalue weighted by molar-refractivity contribution is 7.09. The highest BCUT2D eigenvalue weighted by atomic mass is 32.1. The van der Waals surface area contributed by atoms with Gasteiger partial charge < -0.3 is 5.73 Å². The van der Waals surface area contributed by atoms with Gasteiger partial charge in [0.05, 0.1) is 0 Å². The van der Waals surface area contributed by atoms with Crippen molar-refractivity contribution in [3.8, 4) is 10.6 Å². The van der Waals surface area contributed by atoms with Gasteiger partial charge in [0.1, 0.15) is 5.01 Å². The number of nitrogen functional groups attached to an aromatic ring is 1. The molecule has 13 heavy (non-hydrogen) atoms. The summed E-state index contributed by atoms with van der Waals surface area (Å²) in [5.41, 5.74) is 7.73.